The highest BCUT2D eigenvalue weighted by molar-refractivity contribution is 9.10. The molecule has 0 aromatic heterocycles. The molecule has 1 amide bonds. The minimum atomic E-state index is -0.662. The van der Waals surface area contributed by atoms with Crippen LogP contribution in [0.2, 0.25) is 0 Å². The van der Waals surface area contributed by atoms with Crippen LogP contribution in [0.4, 0.5) is 0 Å². The minimum absolute atomic E-state index is 0.253. The van der Waals surface area contributed by atoms with Crippen molar-refractivity contribution < 1.29 is 14.3 Å². The molecule has 0 saturated heterocycles. The van der Waals surface area contributed by atoms with Gasteiger partial charge in [-0.2, -0.15) is 0 Å². The number of hydrogen-bond acceptors (Lipinski definition) is 3. The lowest BCUT2D eigenvalue weighted by atomic mass is 9.98. The molecule has 25 heavy (non-hydrogen) atoms. The number of benzene rings is 2. The summed E-state index contributed by atoms with van der Waals surface area (Å²) < 4.78 is 5.71. The monoisotopic (exact) mass is 403 g/mol. The molecule has 132 valence electrons. The summed E-state index contributed by atoms with van der Waals surface area (Å²) in [5.41, 5.74) is 2.26. The summed E-state index contributed by atoms with van der Waals surface area (Å²) in [4.78, 5) is 24.8. The molecule has 2 aromatic carbocycles. The Bertz CT molecular complexity index is 744. The van der Waals surface area contributed by atoms with E-state index in [1.807, 2.05) is 56.3 Å². The van der Waals surface area contributed by atoms with E-state index in [0.717, 1.165) is 15.6 Å². The Balaban J connectivity index is 2.34. The van der Waals surface area contributed by atoms with E-state index in [0.29, 0.717) is 12.0 Å². The fourth-order valence-electron chi connectivity index (χ4n) is 2.63. The quantitative estimate of drug-likeness (QED) is 0.725. The van der Waals surface area contributed by atoms with Crippen LogP contribution in [-0.4, -0.2) is 25.0 Å². The zero-order valence-electron chi connectivity index (χ0n) is 14.6. The molecule has 4 nitrogen and oxygen atoms in total. The van der Waals surface area contributed by atoms with Crippen molar-refractivity contribution in [1.29, 1.82) is 0 Å². The average Bonchev–Trinajstić information content (AvgIpc) is 2.60. The molecule has 1 atom stereocenters. The summed E-state index contributed by atoms with van der Waals surface area (Å²) in [6.07, 6.45) is 0.523. The fraction of sp³-hybridized carbons (Fsp3) is 0.300. The van der Waals surface area contributed by atoms with Gasteiger partial charge in [-0.1, -0.05) is 60.1 Å². The summed E-state index contributed by atoms with van der Waals surface area (Å²) in [5.74, 6) is -0.467. The topological polar surface area (TPSA) is 55.4 Å². The van der Waals surface area contributed by atoms with E-state index in [4.69, 9.17) is 4.74 Å². The van der Waals surface area contributed by atoms with Gasteiger partial charge in [0.25, 0.3) is 5.91 Å². The molecule has 0 bridgehead atoms. The van der Waals surface area contributed by atoms with Gasteiger partial charge in [0.15, 0.2) is 0 Å². The van der Waals surface area contributed by atoms with Crippen LogP contribution in [0.1, 0.15) is 30.6 Å². The van der Waals surface area contributed by atoms with Crippen LogP contribution < -0.4 is 5.32 Å². The summed E-state index contributed by atoms with van der Waals surface area (Å²) in [6, 6.07) is 14.5. The van der Waals surface area contributed by atoms with Gasteiger partial charge in [-0.05, 0) is 41.7 Å². The molecule has 0 aliphatic rings. The van der Waals surface area contributed by atoms with Crippen molar-refractivity contribution in [3.05, 3.63) is 58.6 Å². The second-order valence-corrected chi connectivity index (χ2v) is 7.15. The summed E-state index contributed by atoms with van der Waals surface area (Å²) in [5, 5.41) is 2.82. The van der Waals surface area contributed by atoms with Gasteiger partial charge in [-0.3, -0.25) is 4.79 Å². The average molecular weight is 404 g/mol. The Morgan fingerprint density at radius 1 is 1.12 bits per heavy atom. The third-order valence-electron chi connectivity index (χ3n) is 3.81. The Labute approximate surface area is 156 Å². The lowest BCUT2D eigenvalue weighted by molar-refractivity contribution is -0.143. The summed E-state index contributed by atoms with van der Waals surface area (Å²) in [7, 11) is 1.33. The maximum absolute atomic E-state index is 12.8. The highest BCUT2D eigenvalue weighted by Crippen LogP contribution is 2.27. The number of carbonyl (C=O) groups is 2. The van der Waals surface area contributed by atoms with Gasteiger partial charge >= 0.3 is 5.97 Å². The first-order valence-corrected chi connectivity index (χ1v) is 8.95. The molecule has 0 unspecified atom stereocenters. The number of esters is 1. The number of hydrogen-bond donors (Lipinski definition) is 1. The van der Waals surface area contributed by atoms with Gasteiger partial charge in [-0.25, -0.2) is 4.79 Å². The van der Waals surface area contributed by atoms with Gasteiger partial charge in [0, 0.05) is 10.0 Å². The van der Waals surface area contributed by atoms with E-state index in [2.05, 4.69) is 21.2 Å². The number of halogens is 1. The molecule has 0 heterocycles. The second-order valence-electron chi connectivity index (χ2n) is 6.23. The van der Waals surface area contributed by atoms with Crippen molar-refractivity contribution in [3.8, 4) is 11.1 Å². The van der Waals surface area contributed by atoms with Crippen LogP contribution in [-0.2, 0) is 9.53 Å². The van der Waals surface area contributed by atoms with Gasteiger partial charge in [-0.15, -0.1) is 0 Å². The van der Waals surface area contributed by atoms with Crippen molar-refractivity contribution in [2.45, 2.75) is 26.3 Å². The van der Waals surface area contributed by atoms with Crippen LogP contribution in [0.3, 0.4) is 0 Å². The summed E-state index contributed by atoms with van der Waals surface area (Å²) >= 11 is 3.45. The molecule has 0 aliphatic heterocycles. The summed E-state index contributed by atoms with van der Waals surface area (Å²) in [6.45, 7) is 3.99. The fourth-order valence-corrected chi connectivity index (χ4v) is 3.00. The molecule has 0 aliphatic carbocycles. The third-order valence-corrected chi connectivity index (χ3v) is 4.30. The number of methoxy groups -OCH3 is 1. The van der Waals surface area contributed by atoms with E-state index in [-0.39, 0.29) is 11.8 Å². The molecule has 0 fully saturated rings. The predicted molar refractivity (Wildman–Crippen MR) is 102 cm³/mol. The molecule has 1 N–H and O–H groups in total. The van der Waals surface area contributed by atoms with Crippen molar-refractivity contribution in [3.63, 3.8) is 0 Å². The van der Waals surface area contributed by atoms with Crippen LogP contribution in [0.5, 0.6) is 0 Å². The first kappa shape index (κ1) is 19.2. The molecule has 0 saturated carbocycles. The van der Waals surface area contributed by atoms with E-state index in [1.165, 1.54) is 7.11 Å². The molecule has 0 spiro atoms. The largest absolute Gasteiger partial charge is 0.467 e. The molecule has 0 radical (unpaired) electrons. The minimum Gasteiger partial charge on any atom is -0.467 e. The molecule has 2 aromatic rings. The Morgan fingerprint density at radius 3 is 2.40 bits per heavy atom. The number of nitrogens with one attached hydrogen (secondary N) is 1. The molecular formula is C20H22BrNO3. The Kier molecular flexibility index (Phi) is 6.76. The van der Waals surface area contributed by atoms with E-state index >= 15 is 0 Å². The van der Waals surface area contributed by atoms with Crippen LogP contribution in [0.15, 0.2) is 53.0 Å². The van der Waals surface area contributed by atoms with Gasteiger partial charge < -0.3 is 10.1 Å². The zero-order valence-corrected chi connectivity index (χ0v) is 16.2. The van der Waals surface area contributed by atoms with Gasteiger partial charge in [0.2, 0.25) is 0 Å². The third kappa shape index (κ3) is 5.16. The zero-order chi connectivity index (χ0) is 18.4. The van der Waals surface area contributed by atoms with Gasteiger partial charge in [0.05, 0.1) is 7.11 Å². The molecule has 2 rings (SSSR count). The Morgan fingerprint density at radius 2 is 1.80 bits per heavy atom. The molecule has 5 heteroatoms. The predicted octanol–water partition coefficient (Wildman–Crippen LogP) is 4.43. The van der Waals surface area contributed by atoms with Gasteiger partial charge in [0.1, 0.15) is 6.04 Å². The lowest BCUT2D eigenvalue weighted by Gasteiger charge is -2.19. The normalized spacial score (nSPS) is 11.9. The highest BCUT2D eigenvalue weighted by atomic mass is 79.9. The van der Waals surface area contributed by atoms with Crippen LogP contribution in [0, 0.1) is 5.92 Å². The molecular weight excluding hydrogens is 382 g/mol. The highest BCUT2D eigenvalue weighted by Gasteiger charge is 2.24. The van der Waals surface area contributed by atoms with E-state index in [1.54, 1.807) is 6.07 Å². The van der Waals surface area contributed by atoms with Crippen molar-refractivity contribution in [2.75, 3.05) is 7.11 Å². The maximum atomic E-state index is 12.8. The second kappa shape index (κ2) is 8.81. The standard InChI is InChI=1S/C20H22BrNO3/c1-13(2)11-18(20(24)25-3)22-19(23)16-10-9-15(21)12-17(16)14-7-5-4-6-8-14/h4-10,12-13,18H,11H2,1-3H3,(H,22,23)/t18-/m1/s1. The van der Waals surface area contributed by atoms with E-state index < -0.39 is 12.0 Å². The number of amides is 1. The van der Waals surface area contributed by atoms with Crippen molar-refractivity contribution >= 4 is 27.8 Å². The first-order valence-electron chi connectivity index (χ1n) is 8.16. The SMILES string of the molecule is COC(=O)[C@@H](CC(C)C)NC(=O)c1ccc(Br)cc1-c1ccccc1. The number of ether oxygens (including phenoxy) is 1. The number of carbonyl (C=O) groups excluding carboxylic acids is 2. The maximum Gasteiger partial charge on any atom is 0.328 e. The van der Waals surface area contributed by atoms with Crippen LogP contribution in [0.25, 0.3) is 11.1 Å². The van der Waals surface area contributed by atoms with Crippen molar-refractivity contribution in [2.24, 2.45) is 5.92 Å². The number of rotatable bonds is 6. The Hall–Kier alpha value is -2.14. The van der Waals surface area contributed by atoms with E-state index in [9.17, 15) is 9.59 Å². The first-order chi connectivity index (χ1) is 11.9. The lowest BCUT2D eigenvalue weighted by Crippen LogP contribution is -2.42. The van der Waals surface area contributed by atoms with Crippen molar-refractivity contribution in [1.82, 2.24) is 5.32 Å². The smallest absolute Gasteiger partial charge is 0.328 e. The van der Waals surface area contributed by atoms with Crippen LogP contribution >= 0.6 is 15.9 Å².